The second-order valence-corrected chi connectivity index (χ2v) is 7.08. The highest BCUT2D eigenvalue weighted by Crippen LogP contribution is 2.20. The number of amides is 1. The van der Waals surface area contributed by atoms with E-state index in [0.29, 0.717) is 23.8 Å². The molecule has 1 atom stereocenters. The maximum Gasteiger partial charge on any atom is 0.265 e. The number of aryl methyl sites for hydroxylation is 1. The van der Waals surface area contributed by atoms with Crippen molar-refractivity contribution < 1.29 is 14.3 Å². The van der Waals surface area contributed by atoms with Gasteiger partial charge in [0.25, 0.3) is 5.91 Å². The molecular formula is C24H23N3O3. The number of hydrogen-bond acceptors (Lipinski definition) is 4. The van der Waals surface area contributed by atoms with Crippen molar-refractivity contribution in [2.45, 2.75) is 26.6 Å². The molecular weight excluding hydrogens is 378 g/mol. The zero-order chi connectivity index (χ0) is 20.9. The predicted molar refractivity (Wildman–Crippen MR) is 116 cm³/mol. The Kier molecular flexibility index (Phi) is 5.66. The summed E-state index contributed by atoms with van der Waals surface area (Å²) in [6, 6.07) is 20.7. The summed E-state index contributed by atoms with van der Waals surface area (Å²) in [6.45, 7) is 4.06. The Morgan fingerprint density at radius 3 is 2.70 bits per heavy atom. The summed E-state index contributed by atoms with van der Waals surface area (Å²) < 4.78 is 13.5. The van der Waals surface area contributed by atoms with Crippen molar-refractivity contribution in [3.63, 3.8) is 0 Å². The average molecular weight is 401 g/mol. The van der Waals surface area contributed by atoms with E-state index in [9.17, 15) is 4.79 Å². The smallest absolute Gasteiger partial charge is 0.265 e. The summed E-state index contributed by atoms with van der Waals surface area (Å²) in [4.78, 5) is 17.0. The zero-order valence-corrected chi connectivity index (χ0v) is 16.9. The molecule has 2 heterocycles. The van der Waals surface area contributed by atoms with Crippen LogP contribution in [0.3, 0.4) is 0 Å². The van der Waals surface area contributed by atoms with Crippen LogP contribution in [0.5, 0.6) is 11.5 Å². The summed E-state index contributed by atoms with van der Waals surface area (Å²) in [7, 11) is 0. The first-order valence-corrected chi connectivity index (χ1v) is 9.76. The summed E-state index contributed by atoms with van der Waals surface area (Å²) in [5.74, 6) is 1.08. The number of nitrogens with one attached hydrogen (secondary N) is 1. The minimum atomic E-state index is -0.629. The second-order valence-electron chi connectivity index (χ2n) is 7.08. The fourth-order valence-corrected chi connectivity index (χ4v) is 3.00. The number of aromatic nitrogens is 2. The molecule has 0 spiro atoms. The van der Waals surface area contributed by atoms with Gasteiger partial charge in [0.2, 0.25) is 0 Å². The molecule has 0 saturated carbocycles. The van der Waals surface area contributed by atoms with Crippen molar-refractivity contribution in [1.29, 1.82) is 0 Å². The van der Waals surface area contributed by atoms with Crippen LogP contribution >= 0.6 is 0 Å². The van der Waals surface area contributed by atoms with Crippen molar-refractivity contribution in [2.75, 3.05) is 5.32 Å². The van der Waals surface area contributed by atoms with Crippen LogP contribution in [0.1, 0.15) is 18.2 Å². The van der Waals surface area contributed by atoms with E-state index in [1.165, 1.54) is 0 Å². The van der Waals surface area contributed by atoms with Gasteiger partial charge in [0.15, 0.2) is 6.10 Å². The van der Waals surface area contributed by atoms with Gasteiger partial charge in [-0.05, 0) is 50.2 Å². The van der Waals surface area contributed by atoms with Gasteiger partial charge in [0.1, 0.15) is 23.8 Å². The van der Waals surface area contributed by atoms with Crippen LogP contribution in [0.2, 0.25) is 0 Å². The largest absolute Gasteiger partial charge is 0.487 e. The fraction of sp³-hybridized carbons (Fsp3) is 0.167. The lowest BCUT2D eigenvalue weighted by atomic mass is 10.2. The summed E-state index contributed by atoms with van der Waals surface area (Å²) in [6.07, 6.45) is 3.25. The summed E-state index contributed by atoms with van der Waals surface area (Å²) in [5, 5.41) is 2.87. The van der Waals surface area contributed by atoms with Crippen molar-refractivity contribution in [3.05, 3.63) is 90.4 Å². The Hall–Kier alpha value is -3.80. The monoisotopic (exact) mass is 401 g/mol. The van der Waals surface area contributed by atoms with E-state index in [1.807, 2.05) is 84.4 Å². The van der Waals surface area contributed by atoms with Gasteiger partial charge in [0.05, 0.1) is 5.69 Å². The van der Waals surface area contributed by atoms with Crippen LogP contribution in [-0.4, -0.2) is 21.4 Å². The number of anilines is 1. The van der Waals surface area contributed by atoms with Gasteiger partial charge in [-0.2, -0.15) is 0 Å². The Bertz CT molecular complexity index is 1120. The number of carbonyl (C=O) groups excluding carboxylic acids is 1. The first-order chi connectivity index (χ1) is 14.6. The van der Waals surface area contributed by atoms with Crippen molar-refractivity contribution >= 4 is 17.2 Å². The number of imidazole rings is 1. The van der Waals surface area contributed by atoms with E-state index < -0.39 is 6.10 Å². The van der Waals surface area contributed by atoms with Crippen LogP contribution in [0, 0.1) is 6.92 Å². The molecule has 4 rings (SSSR count). The Morgan fingerprint density at radius 2 is 1.90 bits per heavy atom. The third-order valence-electron chi connectivity index (χ3n) is 4.61. The Labute approximate surface area is 175 Å². The third-order valence-corrected chi connectivity index (χ3v) is 4.61. The first-order valence-electron chi connectivity index (χ1n) is 9.76. The molecule has 0 aliphatic rings. The topological polar surface area (TPSA) is 64.9 Å². The molecule has 0 saturated heterocycles. The maximum atomic E-state index is 12.5. The van der Waals surface area contributed by atoms with Crippen LogP contribution < -0.4 is 14.8 Å². The Morgan fingerprint density at radius 1 is 1.07 bits per heavy atom. The van der Waals surface area contributed by atoms with Gasteiger partial charge >= 0.3 is 0 Å². The van der Waals surface area contributed by atoms with Crippen molar-refractivity contribution in [1.82, 2.24) is 9.38 Å². The SMILES string of the molecule is Cc1ccc(OC(C)C(=O)Nc2cccc(OCc3cn4ccccc4n3)c2)cc1. The van der Waals surface area contributed by atoms with E-state index in [4.69, 9.17) is 9.47 Å². The van der Waals surface area contributed by atoms with Crippen molar-refractivity contribution in [2.24, 2.45) is 0 Å². The summed E-state index contributed by atoms with van der Waals surface area (Å²) >= 11 is 0. The van der Waals surface area contributed by atoms with Crippen LogP contribution in [-0.2, 0) is 11.4 Å². The van der Waals surface area contributed by atoms with Crippen LogP contribution in [0.15, 0.2) is 79.1 Å². The van der Waals surface area contributed by atoms with Gasteiger partial charge in [0, 0.05) is 24.1 Å². The number of rotatable bonds is 7. The third kappa shape index (κ3) is 4.78. The highest BCUT2D eigenvalue weighted by Gasteiger charge is 2.15. The number of nitrogens with zero attached hydrogens (tertiary/aromatic N) is 2. The standard InChI is InChI=1S/C24H23N3O3/c1-17-9-11-21(12-10-17)30-18(2)24(28)26-19-6-5-7-22(14-19)29-16-20-15-27-13-4-3-8-23(27)25-20/h3-15,18H,16H2,1-2H3,(H,26,28). The number of carbonyl (C=O) groups is 1. The normalized spacial score (nSPS) is 11.8. The molecule has 0 aliphatic carbocycles. The molecule has 0 fully saturated rings. The number of fused-ring (bicyclic) bond motifs is 1. The minimum absolute atomic E-state index is 0.229. The van der Waals surface area contributed by atoms with E-state index in [2.05, 4.69) is 10.3 Å². The van der Waals surface area contributed by atoms with Crippen LogP contribution in [0.4, 0.5) is 5.69 Å². The van der Waals surface area contributed by atoms with Gasteiger partial charge in [-0.15, -0.1) is 0 Å². The molecule has 1 N–H and O–H groups in total. The van der Waals surface area contributed by atoms with Crippen LogP contribution in [0.25, 0.3) is 5.65 Å². The molecule has 6 nitrogen and oxygen atoms in total. The van der Waals surface area contributed by atoms with E-state index >= 15 is 0 Å². The van der Waals surface area contributed by atoms with Gasteiger partial charge in [-0.25, -0.2) is 4.98 Å². The zero-order valence-electron chi connectivity index (χ0n) is 16.9. The molecule has 0 aliphatic heterocycles. The van der Waals surface area contributed by atoms with Gasteiger partial charge in [-0.3, -0.25) is 4.79 Å². The van der Waals surface area contributed by atoms with Gasteiger partial charge in [-0.1, -0.05) is 29.8 Å². The minimum Gasteiger partial charge on any atom is -0.487 e. The molecule has 152 valence electrons. The molecule has 2 aromatic carbocycles. The average Bonchev–Trinajstić information content (AvgIpc) is 3.17. The van der Waals surface area contributed by atoms with E-state index in [0.717, 1.165) is 16.9 Å². The molecule has 2 aromatic heterocycles. The lowest BCUT2D eigenvalue weighted by Gasteiger charge is -2.15. The highest BCUT2D eigenvalue weighted by molar-refractivity contribution is 5.94. The number of ether oxygens (including phenoxy) is 2. The Balaban J connectivity index is 1.35. The van der Waals surface area contributed by atoms with Crippen molar-refractivity contribution in [3.8, 4) is 11.5 Å². The fourth-order valence-electron chi connectivity index (χ4n) is 3.00. The first kappa shape index (κ1) is 19.5. The lowest BCUT2D eigenvalue weighted by molar-refractivity contribution is -0.122. The molecule has 1 amide bonds. The lowest BCUT2D eigenvalue weighted by Crippen LogP contribution is -2.30. The van der Waals surface area contributed by atoms with Gasteiger partial charge < -0.3 is 19.2 Å². The van der Waals surface area contributed by atoms with E-state index in [-0.39, 0.29) is 5.91 Å². The highest BCUT2D eigenvalue weighted by atomic mass is 16.5. The molecule has 30 heavy (non-hydrogen) atoms. The predicted octanol–water partition coefficient (Wildman–Crippen LogP) is 4.63. The molecule has 4 aromatic rings. The maximum absolute atomic E-state index is 12.5. The molecule has 6 heteroatoms. The number of benzene rings is 2. The number of pyridine rings is 1. The van der Waals surface area contributed by atoms with E-state index in [1.54, 1.807) is 13.0 Å². The molecule has 1 unspecified atom stereocenters. The number of hydrogen-bond donors (Lipinski definition) is 1. The molecule has 0 bridgehead atoms. The molecule has 0 radical (unpaired) electrons. The quantitative estimate of drug-likeness (QED) is 0.490. The second kappa shape index (κ2) is 8.69. The summed E-state index contributed by atoms with van der Waals surface area (Å²) in [5.41, 5.74) is 3.49.